The highest BCUT2D eigenvalue weighted by molar-refractivity contribution is 7.18. The second-order valence-corrected chi connectivity index (χ2v) is 11.3. The van der Waals surface area contributed by atoms with Gasteiger partial charge in [-0.25, -0.2) is 9.97 Å². The standard InChI is InChI=1S/C25H37N5O2S/c1-17-5-4-8-30(15-17)25(31)20-6-9-29(10-7-20)23-22-18(2)19(3)33-24(22)27-21(26-23)16-28-11-13-32-14-12-28/h17,20H,4-16H2,1-3H3. The van der Waals surface area contributed by atoms with Gasteiger partial charge in [-0.05, 0) is 51.0 Å². The molecule has 7 nitrogen and oxygen atoms in total. The lowest BCUT2D eigenvalue weighted by Crippen LogP contribution is -2.46. The first kappa shape index (κ1) is 23.0. The van der Waals surface area contributed by atoms with E-state index in [1.54, 1.807) is 11.3 Å². The van der Waals surface area contributed by atoms with Gasteiger partial charge in [-0.2, -0.15) is 0 Å². The summed E-state index contributed by atoms with van der Waals surface area (Å²) in [7, 11) is 0. The van der Waals surface area contributed by atoms with Gasteiger partial charge in [0.05, 0.1) is 25.1 Å². The number of ether oxygens (including phenoxy) is 1. The molecule has 8 heteroatoms. The molecule has 3 aliphatic rings. The number of carbonyl (C=O) groups is 1. The van der Waals surface area contributed by atoms with Crippen LogP contribution < -0.4 is 4.90 Å². The number of anilines is 1. The van der Waals surface area contributed by atoms with E-state index in [2.05, 4.69) is 35.5 Å². The molecule has 2 aromatic heterocycles. The molecule has 180 valence electrons. The van der Waals surface area contributed by atoms with E-state index in [1.165, 1.54) is 22.2 Å². The molecule has 1 unspecified atom stereocenters. The number of morpholine rings is 1. The first-order chi connectivity index (χ1) is 16.0. The normalized spacial score (nSPS) is 23.4. The Labute approximate surface area is 201 Å². The van der Waals surface area contributed by atoms with E-state index in [-0.39, 0.29) is 5.92 Å². The molecule has 1 amide bonds. The van der Waals surface area contributed by atoms with Gasteiger partial charge in [-0.1, -0.05) is 6.92 Å². The maximum atomic E-state index is 13.2. The van der Waals surface area contributed by atoms with Crippen molar-refractivity contribution in [2.75, 3.05) is 57.4 Å². The van der Waals surface area contributed by atoms with E-state index in [1.807, 2.05) is 0 Å². The lowest BCUT2D eigenvalue weighted by molar-refractivity contribution is -0.137. The van der Waals surface area contributed by atoms with Crippen molar-refractivity contribution in [1.29, 1.82) is 0 Å². The fraction of sp³-hybridized carbons (Fsp3) is 0.720. The number of amides is 1. The highest BCUT2D eigenvalue weighted by Gasteiger charge is 2.32. The van der Waals surface area contributed by atoms with Crippen LogP contribution >= 0.6 is 11.3 Å². The van der Waals surface area contributed by atoms with Crippen LogP contribution in [0.2, 0.25) is 0 Å². The minimum absolute atomic E-state index is 0.155. The van der Waals surface area contributed by atoms with Crippen LogP contribution in [0.3, 0.4) is 0 Å². The zero-order valence-electron chi connectivity index (χ0n) is 20.3. The van der Waals surface area contributed by atoms with Gasteiger partial charge in [-0.3, -0.25) is 9.69 Å². The van der Waals surface area contributed by atoms with Crippen LogP contribution in [0.25, 0.3) is 10.2 Å². The fourth-order valence-electron chi connectivity index (χ4n) is 5.52. The van der Waals surface area contributed by atoms with E-state index in [0.29, 0.717) is 11.8 Å². The van der Waals surface area contributed by atoms with Crippen molar-refractivity contribution in [3.8, 4) is 0 Å². The van der Waals surface area contributed by atoms with Gasteiger partial charge in [0, 0.05) is 50.1 Å². The lowest BCUT2D eigenvalue weighted by Gasteiger charge is -2.37. The Morgan fingerprint density at radius 2 is 1.82 bits per heavy atom. The predicted octanol–water partition coefficient (Wildman–Crippen LogP) is 3.62. The summed E-state index contributed by atoms with van der Waals surface area (Å²) in [6.07, 6.45) is 4.22. The molecule has 5 rings (SSSR count). The van der Waals surface area contributed by atoms with E-state index < -0.39 is 0 Å². The molecule has 0 N–H and O–H groups in total. The maximum absolute atomic E-state index is 13.2. The number of thiophene rings is 1. The third kappa shape index (κ3) is 4.88. The van der Waals surface area contributed by atoms with Crippen LogP contribution in [-0.2, 0) is 16.1 Å². The van der Waals surface area contributed by atoms with Gasteiger partial charge in [0.1, 0.15) is 16.5 Å². The second-order valence-electron chi connectivity index (χ2n) is 10.1. The van der Waals surface area contributed by atoms with E-state index in [9.17, 15) is 4.79 Å². The quantitative estimate of drug-likeness (QED) is 0.679. The Morgan fingerprint density at radius 3 is 2.55 bits per heavy atom. The average Bonchev–Trinajstić information content (AvgIpc) is 3.12. The van der Waals surface area contributed by atoms with Gasteiger partial charge in [0.25, 0.3) is 0 Å². The molecule has 3 fully saturated rings. The number of piperidine rings is 2. The molecule has 0 aliphatic carbocycles. The predicted molar refractivity (Wildman–Crippen MR) is 133 cm³/mol. The molecule has 0 saturated carbocycles. The van der Waals surface area contributed by atoms with Crippen molar-refractivity contribution < 1.29 is 9.53 Å². The molecule has 5 heterocycles. The van der Waals surface area contributed by atoms with Crippen LogP contribution in [0.1, 0.15) is 48.9 Å². The molecule has 2 aromatic rings. The van der Waals surface area contributed by atoms with Gasteiger partial charge < -0.3 is 14.5 Å². The Morgan fingerprint density at radius 1 is 1.06 bits per heavy atom. The molecule has 0 spiro atoms. The number of hydrogen-bond acceptors (Lipinski definition) is 7. The van der Waals surface area contributed by atoms with Crippen LogP contribution in [0, 0.1) is 25.7 Å². The summed E-state index contributed by atoms with van der Waals surface area (Å²) >= 11 is 1.78. The number of aromatic nitrogens is 2. The van der Waals surface area contributed by atoms with E-state index in [4.69, 9.17) is 14.7 Å². The fourth-order valence-corrected chi connectivity index (χ4v) is 6.56. The van der Waals surface area contributed by atoms with Crippen molar-refractivity contribution in [2.45, 2.75) is 53.0 Å². The van der Waals surface area contributed by atoms with Crippen LogP contribution in [-0.4, -0.2) is 78.2 Å². The molecule has 1 atom stereocenters. The Hall–Kier alpha value is -1.77. The monoisotopic (exact) mass is 471 g/mol. The minimum Gasteiger partial charge on any atom is -0.379 e. The number of carbonyl (C=O) groups excluding carboxylic acids is 1. The number of rotatable bonds is 4. The van der Waals surface area contributed by atoms with E-state index >= 15 is 0 Å². The van der Waals surface area contributed by atoms with Crippen molar-refractivity contribution >= 4 is 33.3 Å². The summed E-state index contributed by atoms with van der Waals surface area (Å²) in [5.74, 6) is 3.14. The van der Waals surface area contributed by atoms with E-state index in [0.717, 1.165) is 94.8 Å². The van der Waals surface area contributed by atoms with Crippen LogP contribution in [0.4, 0.5) is 5.82 Å². The Kier molecular flexibility index (Phi) is 6.86. The molecular weight excluding hydrogens is 434 g/mol. The van der Waals surface area contributed by atoms with Gasteiger partial charge in [0.15, 0.2) is 0 Å². The molecule has 3 aliphatic heterocycles. The van der Waals surface area contributed by atoms with Crippen molar-refractivity contribution in [2.24, 2.45) is 11.8 Å². The third-order valence-corrected chi connectivity index (χ3v) is 8.74. The van der Waals surface area contributed by atoms with Crippen LogP contribution in [0.15, 0.2) is 0 Å². The Balaban J connectivity index is 1.34. The largest absolute Gasteiger partial charge is 0.379 e. The lowest BCUT2D eigenvalue weighted by atomic mass is 9.92. The number of likely N-dealkylation sites (tertiary alicyclic amines) is 1. The van der Waals surface area contributed by atoms with Crippen molar-refractivity contribution in [3.63, 3.8) is 0 Å². The summed E-state index contributed by atoms with van der Waals surface area (Å²) in [5, 5.41) is 1.21. The number of aryl methyl sites for hydroxylation is 2. The minimum atomic E-state index is 0.155. The molecular formula is C25H37N5O2S. The topological polar surface area (TPSA) is 61.8 Å². The molecule has 0 bridgehead atoms. The number of nitrogens with zero attached hydrogens (tertiary/aromatic N) is 5. The first-order valence-corrected chi connectivity index (χ1v) is 13.4. The second kappa shape index (κ2) is 9.84. The molecule has 3 saturated heterocycles. The molecule has 0 radical (unpaired) electrons. The number of hydrogen-bond donors (Lipinski definition) is 0. The summed E-state index contributed by atoms with van der Waals surface area (Å²) in [6, 6.07) is 0. The molecule has 33 heavy (non-hydrogen) atoms. The van der Waals surface area contributed by atoms with Crippen LogP contribution in [0.5, 0.6) is 0 Å². The highest BCUT2D eigenvalue weighted by atomic mass is 32.1. The smallest absolute Gasteiger partial charge is 0.225 e. The zero-order valence-corrected chi connectivity index (χ0v) is 21.1. The maximum Gasteiger partial charge on any atom is 0.225 e. The SMILES string of the molecule is Cc1sc2nc(CN3CCOCC3)nc(N3CCC(C(=O)N4CCCC(C)C4)CC3)c2c1C. The van der Waals surface area contributed by atoms with Gasteiger partial charge in [-0.15, -0.1) is 11.3 Å². The molecule has 0 aromatic carbocycles. The van der Waals surface area contributed by atoms with Gasteiger partial charge in [0.2, 0.25) is 5.91 Å². The summed E-state index contributed by atoms with van der Waals surface area (Å²) in [4.78, 5) is 32.5. The summed E-state index contributed by atoms with van der Waals surface area (Å²) < 4.78 is 5.50. The summed E-state index contributed by atoms with van der Waals surface area (Å²) in [6.45, 7) is 14.5. The van der Waals surface area contributed by atoms with Crippen molar-refractivity contribution in [3.05, 3.63) is 16.3 Å². The summed E-state index contributed by atoms with van der Waals surface area (Å²) in [5.41, 5.74) is 1.29. The highest BCUT2D eigenvalue weighted by Crippen LogP contribution is 2.37. The first-order valence-electron chi connectivity index (χ1n) is 12.6. The third-order valence-electron chi connectivity index (χ3n) is 7.64. The Bertz CT molecular complexity index is 994. The zero-order chi connectivity index (χ0) is 22.9. The van der Waals surface area contributed by atoms with Gasteiger partial charge >= 0.3 is 0 Å². The average molecular weight is 472 g/mol. The number of fused-ring (bicyclic) bond motifs is 1. The van der Waals surface area contributed by atoms with Crippen molar-refractivity contribution in [1.82, 2.24) is 19.8 Å².